The van der Waals surface area contributed by atoms with E-state index >= 15 is 0 Å². The Kier molecular flexibility index (Phi) is 10.4. The smallest absolute Gasteiger partial charge is 0.264 e. The van der Waals surface area contributed by atoms with Gasteiger partial charge in [0, 0.05) is 12.6 Å². The summed E-state index contributed by atoms with van der Waals surface area (Å²) in [5.41, 5.74) is 2.87. The first-order chi connectivity index (χ1) is 20.1. The molecule has 1 aliphatic rings. The minimum Gasteiger partial charge on any atom is -0.352 e. The van der Waals surface area contributed by atoms with Gasteiger partial charge in [0.05, 0.1) is 10.6 Å². The average Bonchev–Trinajstić information content (AvgIpc) is 2.99. The van der Waals surface area contributed by atoms with Gasteiger partial charge in [-0.15, -0.1) is 0 Å². The number of hydrogen-bond acceptors (Lipinski definition) is 4. The first-order valence-corrected chi connectivity index (χ1v) is 16.0. The molecule has 3 aromatic rings. The highest BCUT2D eigenvalue weighted by Crippen LogP contribution is 2.27. The molecule has 0 heterocycles. The van der Waals surface area contributed by atoms with E-state index in [0.29, 0.717) is 17.7 Å². The van der Waals surface area contributed by atoms with Crippen molar-refractivity contribution in [2.24, 2.45) is 0 Å². The van der Waals surface area contributed by atoms with Crippen molar-refractivity contribution in [1.29, 1.82) is 0 Å². The number of carbonyl (C=O) groups excluding carboxylic acids is 2. The van der Waals surface area contributed by atoms with Gasteiger partial charge in [-0.3, -0.25) is 13.9 Å². The van der Waals surface area contributed by atoms with E-state index in [9.17, 15) is 22.4 Å². The van der Waals surface area contributed by atoms with Crippen molar-refractivity contribution < 1.29 is 22.4 Å². The Bertz CT molecular complexity index is 1470. The summed E-state index contributed by atoms with van der Waals surface area (Å²) in [7, 11) is -4.13. The Labute approximate surface area is 248 Å². The SMILES string of the molecule is CC[C@H](C(=O)NC1CCCCC1)N(Cc1ccc(F)cc1)C(=O)CN(c1ccc(C)c(C)c1)S(=O)(=O)c1ccccc1. The van der Waals surface area contributed by atoms with Gasteiger partial charge in [-0.1, -0.05) is 62.6 Å². The molecule has 1 saturated carbocycles. The third-order valence-electron chi connectivity index (χ3n) is 7.99. The lowest BCUT2D eigenvalue weighted by atomic mass is 9.95. The van der Waals surface area contributed by atoms with Gasteiger partial charge in [-0.2, -0.15) is 0 Å². The quantitative estimate of drug-likeness (QED) is 0.300. The normalized spacial score (nSPS) is 14.7. The minimum absolute atomic E-state index is 0.0296. The molecule has 0 spiro atoms. The summed E-state index contributed by atoms with van der Waals surface area (Å²) in [5.74, 6) is -1.19. The Hall–Kier alpha value is -3.72. The Balaban J connectivity index is 1.71. The number of amides is 2. The molecule has 0 aliphatic heterocycles. The van der Waals surface area contributed by atoms with Crippen LogP contribution < -0.4 is 9.62 Å². The average molecular weight is 594 g/mol. The van der Waals surface area contributed by atoms with Crippen molar-refractivity contribution >= 4 is 27.5 Å². The maximum absolute atomic E-state index is 14.2. The fourth-order valence-corrected chi connectivity index (χ4v) is 6.81. The highest BCUT2D eigenvalue weighted by atomic mass is 32.2. The highest BCUT2D eigenvalue weighted by molar-refractivity contribution is 7.92. The van der Waals surface area contributed by atoms with Crippen molar-refractivity contribution in [3.8, 4) is 0 Å². The summed E-state index contributed by atoms with van der Waals surface area (Å²) >= 11 is 0. The van der Waals surface area contributed by atoms with Crippen LogP contribution in [-0.4, -0.2) is 43.8 Å². The second-order valence-corrected chi connectivity index (χ2v) is 12.9. The van der Waals surface area contributed by atoms with E-state index in [0.717, 1.165) is 47.5 Å². The van der Waals surface area contributed by atoms with Crippen LogP contribution in [0.2, 0.25) is 0 Å². The lowest BCUT2D eigenvalue weighted by Crippen LogP contribution is -2.54. The second-order valence-electron chi connectivity index (χ2n) is 11.0. The Morgan fingerprint density at radius 2 is 1.60 bits per heavy atom. The number of anilines is 1. The molecule has 9 heteroatoms. The summed E-state index contributed by atoms with van der Waals surface area (Å²) in [5, 5.41) is 3.13. The van der Waals surface area contributed by atoms with Crippen LogP contribution in [0.1, 0.15) is 62.1 Å². The first-order valence-electron chi connectivity index (χ1n) is 14.6. The number of halogens is 1. The van der Waals surface area contributed by atoms with E-state index in [1.807, 2.05) is 26.8 Å². The lowest BCUT2D eigenvalue weighted by molar-refractivity contribution is -0.140. The zero-order valence-corrected chi connectivity index (χ0v) is 25.4. The van der Waals surface area contributed by atoms with Crippen LogP contribution in [0.15, 0.2) is 77.7 Å². The fourth-order valence-electron chi connectivity index (χ4n) is 5.38. The summed E-state index contributed by atoms with van der Waals surface area (Å²) < 4.78 is 42.7. The van der Waals surface area contributed by atoms with E-state index < -0.39 is 34.3 Å². The number of rotatable bonds is 11. The molecule has 0 aromatic heterocycles. The lowest BCUT2D eigenvalue weighted by Gasteiger charge is -2.34. The monoisotopic (exact) mass is 593 g/mol. The summed E-state index contributed by atoms with van der Waals surface area (Å²) in [6.07, 6.45) is 5.35. The molecule has 0 radical (unpaired) electrons. The van der Waals surface area contributed by atoms with Gasteiger partial charge in [0.15, 0.2) is 0 Å². The molecule has 1 aliphatic carbocycles. The first kappa shape index (κ1) is 31.2. The van der Waals surface area contributed by atoms with Gasteiger partial charge in [0.2, 0.25) is 11.8 Å². The van der Waals surface area contributed by atoms with Crippen LogP contribution in [0.4, 0.5) is 10.1 Å². The zero-order chi connectivity index (χ0) is 30.3. The number of hydrogen-bond donors (Lipinski definition) is 1. The molecular weight excluding hydrogens is 553 g/mol. The number of carbonyl (C=O) groups is 2. The van der Waals surface area contributed by atoms with E-state index in [1.54, 1.807) is 42.5 Å². The molecule has 0 unspecified atom stereocenters. The molecule has 1 fully saturated rings. The third-order valence-corrected chi connectivity index (χ3v) is 9.78. The van der Waals surface area contributed by atoms with Gasteiger partial charge in [0.1, 0.15) is 18.4 Å². The minimum atomic E-state index is -4.13. The van der Waals surface area contributed by atoms with E-state index in [1.165, 1.54) is 29.2 Å². The van der Waals surface area contributed by atoms with E-state index in [4.69, 9.17) is 0 Å². The maximum Gasteiger partial charge on any atom is 0.264 e. The Morgan fingerprint density at radius 3 is 2.21 bits per heavy atom. The predicted octanol–water partition coefficient (Wildman–Crippen LogP) is 5.89. The second kappa shape index (κ2) is 14.0. The maximum atomic E-state index is 14.2. The van der Waals surface area contributed by atoms with Crippen molar-refractivity contribution in [2.75, 3.05) is 10.8 Å². The summed E-state index contributed by atoms with van der Waals surface area (Å²) in [4.78, 5) is 29.3. The third kappa shape index (κ3) is 7.56. The molecule has 0 bridgehead atoms. The number of nitrogens with one attached hydrogen (secondary N) is 1. The molecule has 2 amide bonds. The molecular formula is C33H40FN3O4S. The number of aryl methyl sites for hydroxylation is 2. The van der Waals surface area contributed by atoms with Crippen molar-refractivity contribution in [1.82, 2.24) is 10.2 Å². The van der Waals surface area contributed by atoms with E-state index in [-0.39, 0.29) is 23.4 Å². The number of nitrogens with zero attached hydrogens (tertiary/aromatic N) is 2. The van der Waals surface area contributed by atoms with Gasteiger partial charge in [-0.25, -0.2) is 12.8 Å². The molecule has 1 N–H and O–H groups in total. The highest BCUT2D eigenvalue weighted by Gasteiger charge is 2.34. The zero-order valence-electron chi connectivity index (χ0n) is 24.6. The van der Waals surface area contributed by atoms with Crippen LogP contribution in [0.25, 0.3) is 0 Å². The van der Waals surface area contributed by atoms with Gasteiger partial charge in [-0.05, 0) is 86.2 Å². The van der Waals surface area contributed by atoms with Crippen molar-refractivity contribution in [3.63, 3.8) is 0 Å². The van der Waals surface area contributed by atoms with Gasteiger partial charge < -0.3 is 10.2 Å². The van der Waals surface area contributed by atoms with Crippen LogP contribution in [0, 0.1) is 19.7 Å². The molecule has 42 heavy (non-hydrogen) atoms. The molecule has 1 atom stereocenters. The van der Waals surface area contributed by atoms with Gasteiger partial charge in [0.25, 0.3) is 10.0 Å². The van der Waals surface area contributed by atoms with Crippen LogP contribution in [-0.2, 0) is 26.2 Å². The van der Waals surface area contributed by atoms with Crippen molar-refractivity contribution in [2.45, 2.75) is 82.8 Å². The molecule has 0 saturated heterocycles. The summed E-state index contributed by atoms with van der Waals surface area (Å²) in [6, 6.07) is 18.2. The van der Waals surface area contributed by atoms with Crippen LogP contribution in [0.5, 0.6) is 0 Å². The number of sulfonamides is 1. The van der Waals surface area contributed by atoms with Gasteiger partial charge >= 0.3 is 0 Å². The molecule has 3 aromatic carbocycles. The van der Waals surface area contributed by atoms with E-state index in [2.05, 4.69) is 5.32 Å². The summed E-state index contributed by atoms with van der Waals surface area (Å²) in [6.45, 7) is 5.17. The van der Waals surface area contributed by atoms with Crippen molar-refractivity contribution in [3.05, 3.63) is 95.3 Å². The predicted molar refractivity (Wildman–Crippen MR) is 163 cm³/mol. The molecule has 224 valence electrons. The number of benzene rings is 3. The van der Waals surface area contributed by atoms with Crippen LogP contribution >= 0.6 is 0 Å². The molecule has 4 rings (SSSR count). The molecule has 7 nitrogen and oxygen atoms in total. The largest absolute Gasteiger partial charge is 0.352 e. The topological polar surface area (TPSA) is 86.8 Å². The van der Waals surface area contributed by atoms with Crippen LogP contribution in [0.3, 0.4) is 0 Å². The fraction of sp³-hybridized carbons (Fsp3) is 0.394. The standard InChI is InChI=1S/C33H40FN3O4S/c1-4-31(33(39)35-28-11-7-5-8-12-28)36(22-26-16-18-27(34)19-17-26)32(38)23-37(29-20-15-24(2)25(3)21-29)42(40,41)30-13-9-6-10-14-30/h6,9-10,13-21,28,31H,4-5,7-8,11-12,22-23H2,1-3H3,(H,35,39)/t31-/m1/s1. The Morgan fingerprint density at radius 1 is 0.929 bits per heavy atom.